The number of hydrogen-bond donors (Lipinski definition) is 2. The van der Waals surface area contributed by atoms with E-state index in [1.807, 2.05) is 36.4 Å². The monoisotopic (exact) mass is 362 g/mol. The Morgan fingerprint density at radius 3 is 2.14 bits per heavy atom. The van der Waals surface area contributed by atoms with Crippen LogP contribution in [0, 0.1) is 0 Å². The molecule has 0 spiro atoms. The summed E-state index contributed by atoms with van der Waals surface area (Å²) in [6, 6.07) is 12.3. The van der Waals surface area contributed by atoms with Gasteiger partial charge in [0, 0.05) is 11.4 Å². The molecule has 0 unspecified atom stereocenters. The van der Waals surface area contributed by atoms with Crippen molar-refractivity contribution < 1.29 is 14.9 Å². The topological polar surface area (TPSA) is 49.7 Å². The van der Waals surface area contributed by atoms with Gasteiger partial charge in [-0.2, -0.15) is 0 Å². The minimum absolute atomic E-state index is 0.0480. The van der Waals surface area contributed by atoms with Crippen molar-refractivity contribution >= 4 is 28.1 Å². The van der Waals surface area contributed by atoms with Crippen LogP contribution in [0.1, 0.15) is 24.0 Å². The molecule has 0 amide bonds. The van der Waals surface area contributed by atoms with Crippen LogP contribution in [0.2, 0.25) is 0 Å². The molecule has 0 atom stereocenters. The Morgan fingerprint density at radius 2 is 1.50 bits per heavy atom. The lowest BCUT2D eigenvalue weighted by Gasteiger charge is -2.05. The van der Waals surface area contributed by atoms with Crippen molar-refractivity contribution in [2.75, 3.05) is 11.9 Å². The maximum Gasteiger partial charge on any atom is 0.119 e. The molecule has 0 radical (unpaired) electrons. The number of alkyl halides is 1. The maximum absolute atomic E-state index is 9.43. The summed E-state index contributed by atoms with van der Waals surface area (Å²) < 4.78 is 5.65. The van der Waals surface area contributed by atoms with E-state index < -0.39 is 0 Å². The largest absolute Gasteiger partial charge is 0.508 e. The molecule has 0 saturated heterocycles. The third-order valence-corrected chi connectivity index (χ3v) is 3.63. The van der Waals surface area contributed by atoms with Crippen LogP contribution in [0.25, 0.3) is 12.2 Å². The third-order valence-electron chi connectivity index (χ3n) is 3.07. The molecule has 4 heteroatoms. The second-order valence-electron chi connectivity index (χ2n) is 4.93. The van der Waals surface area contributed by atoms with E-state index in [9.17, 15) is 10.2 Å². The minimum atomic E-state index is 0.0480. The lowest BCUT2D eigenvalue weighted by atomic mass is 10.1. The molecule has 3 nitrogen and oxygen atoms in total. The highest BCUT2D eigenvalue weighted by Crippen LogP contribution is 2.22. The fourth-order valence-corrected chi connectivity index (χ4v) is 2.36. The van der Waals surface area contributed by atoms with E-state index in [1.165, 1.54) is 6.07 Å². The molecule has 0 fully saturated rings. The summed E-state index contributed by atoms with van der Waals surface area (Å²) in [6.07, 6.45) is 5.90. The predicted octanol–water partition coefficient (Wildman–Crippen LogP) is 4.82. The molecule has 2 aromatic carbocycles. The molecule has 0 aliphatic carbocycles. The first-order valence-corrected chi connectivity index (χ1v) is 8.29. The van der Waals surface area contributed by atoms with Crippen molar-refractivity contribution in [3.05, 3.63) is 53.6 Å². The first kappa shape index (κ1) is 16.4. The molecular weight excluding hydrogens is 344 g/mol. The van der Waals surface area contributed by atoms with Gasteiger partial charge in [0.15, 0.2) is 0 Å². The van der Waals surface area contributed by atoms with Gasteiger partial charge in [-0.3, -0.25) is 0 Å². The Kier molecular flexibility index (Phi) is 6.34. The number of phenols is 2. The van der Waals surface area contributed by atoms with Gasteiger partial charge in [0.05, 0.1) is 6.61 Å². The first-order valence-electron chi connectivity index (χ1n) is 7.17. The lowest BCUT2D eigenvalue weighted by molar-refractivity contribution is 0.310. The molecule has 0 saturated carbocycles. The molecule has 22 heavy (non-hydrogen) atoms. The van der Waals surface area contributed by atoms with Crippen molar-refractivity contribution in [1.82, 2.24) is 0 Å². The number of ether oxygens (including phenoxy) is 1. The van der Waals surface area contributed by atoms with Gasteiger partial charge in [-0.1, -0.05) is 40.2 Å². The zero-order valence-electron chi connectivity index (χ0n) is 12.2. The number of rotatable bonds is 7. The zero-order valence-corrected chi connectivity index (χ0v) is 13.8. The average Bonchev–Trinajstić information content (AvgIpc) is 2.50. The second kappa shape index (κ2) is 8.49. The van der Waals surface area contributed by atoms with Crippen molar-refractivity contribution in [2.45, 2.75) is 12.8 Å². The standard InChI is InChI=1S/C18H19BrO3/c19-9-1-2-10-22-18-7-5-14(6-8-18)3-4-15-11-16(20)13-17(21)12-15/h3-8,11-13,20-21H,1-2,9-10H2/b4-3+. The highest BCUT2D eigenvalue weighted by Gasteiger charge is 1.97. The molecule has 0 bridgehead atoms. The summed E-state index contributed by atoms with van der Waals surface area (Å²) in [7, 11) is 0. The van der Waals surface area contributed by atoms with Gasteiger partial charge in [-0.05, 0) is 48.2 Å². The summed E-state index contributed by atoms with van der Waals surface area (Å²) in [4.78, 5) is 0. The molecular formula is C18H19BrO3. The Labute approximate surface area is 139 Å². The van der Waals surface area contributed by atoms with Crippen molar-refractivity contribution in [2.24, 2.45) is 0 Å². The molecule has 0 aromatic heterocycles. The number of halogens is 1. The SMILES string of the molecule is Oc1cc(O)cc(/C=C/c2ccc(OCCCCBr)cc2)c1. The smallest absolute Gasteiger partial charge is 0.119 e. The van der Waals surface area contributed by atoms with Crippen LogP contribution in [-0.4, -0.2) is 22.2 Å². The van der Waals surface area contributed by atoms with Crippen LogP contribution >= 0.6 is 15.9 Å². The lowest BCUT2D eigenvalue weighted by Crippen LogP contribution is -1.97. The second-order valence-corrected chi connectivity index (χ2v) is 5.72. The number of hydrogen-bond acceptors (Lipinski definition) is 3. The fourth-order valence-electron chi connectivity index (χ4n) is 1.97. The summed E-state index contributed by atoms with van der Waals surface area (Å²) in [5.74, 6) is 0.959. The van der Waals surface area contributed by atoms with Crippen LogP contribution in [0.15, 0.2) is 42.5 Å². The van der Waals surface area contributed by atoms with Crippen LogP contribution in [0.3, 0.4) is 0 Å². The first-order chi connectivity index (χ1) is 10.7. The van der Waals surface area contributed by atoms with Gasteiger partial charge in [-0.25, -0.2) is 0 Å². The van der Waals surface area contributed by atoms with E-state index in [1.54, 1.807) is 12.1 Å². The summed E-state index contributed by atoms with van der Waals surface area (Å²) in [5, 5.41) is 19.9. The number of benzene rings is 2. The molecule has 0 aliphatic heterocycles. The molecule has 0 heterocycles. The van der Waals surface area contributed by atoms with Gasteiger partial charge in [0.1, 0.15) is 17.2 Å². The Hall–Kier alpha value is -1.94. The fraction of sp³-hybridized carbons (Fsp3) is 0.222. The quantitative estimate of drug-likeness (QED) is 0.421. The summed E-state index contributed by atoms with van der Waals surface area (Å²) >= 11 is 3.40. The van der Waals surface area contributed by atoms with Crippen LogP contribution in [-0.2, 0) is 0 Å². The molecule has 2 N–H and O–H groups in total. The normalized spacial score (nSPS) is 11.0. The van der Waals surface area contributed by atoms with Crippen LogP contribution in [0.5, 0.6) is 17.2 Å². The Morgan fingerprint density at radius 1 is 0.864 bits per heavy atom. The van der Waals surface area contributed by atoms with E-state index >= 15 is 0 Å². The Bertz CT molecular complexity index is 600. The summed E-state index contributed by atoms with van der Waals surface area (Å²) in [5.41, 5.74) is 1.77. The van der Waals surface area contributed by atoms with E-state index in [0.717, 1.165) is 41.7 Å². The Balaban J connectivity index is 1.94. The van der Waals surface area contributed by atoms with E-state index in [-0.39, 0.29) is 11.5 Å². The highest BCUT2D eigenvalue weighted by molar-refractivity contribution is 9.09. The highest BCUT2D eigenvalue weighted by atomic mass is 79.9. The van der Waals surface area contributed by atoms with Gasteiger partial charge < -0.3 is 14.9 Å². The van der Waals surface area contributed by atoms with Gasteiger partial charge in [-0.15, -0.1) is 0 Å². The number of unbranched alkanes of at least 4 members (excludes halogenated alkanes) is 1. The van der Waals surface area contributed by atoms with E-state index in [4.69, 9.17) is 4.74 Å². The number of phenolic OH excluding ortho intramolecular Hbond substituents is 2. The maximum atomic E-state index is 9.43. The minimum Gasteiger partial charge on any atom is -0.508 e. The molecule has 0 aliphatic rings. The summed E-state index contributed by atoms with van der Waals surface area (Å²) in [6.45, 7) is 0.726. The molecule has 2 aromatic rings. The van der Waals surface area contributed by atoms with Gasteiger partial charge in [0.2, 0.25) is 0 Å². The third kappa shape index (κ3) is 5.45. The van der Waals surface area contributed by atoms with Gasteiger partial charge in [0.25, 0.3) is 0 Å². The number of aromatic hydroxyl groups is 2. The van der Waals surface area contributed by atoms with Crippen molar-refractivity contribution in [3.8, 4) is 17.2 Å². The van der Waals surface area contributed by atoms with Crippen LogP contribution < -0.4 is 4.74 Å². The zero-order chi connectivity index (χ0) is 15.8. The van der Waals surface area contributed by atoms with Crippen LogP contribution in [0.4, 0.5) is 0 Å². The van der Waals surface area contributed by atoms with Gasteiger partial charge >= 0.3 is 0 Å². The van der Waals surface area contributed by atoms with E-state index in [2.05, 4.69) is 15.9 Å². The predicted molar refractivity (Wildman–Crippen MR) is 93.7 cm³/mol. The average molecular weight is 363 g/mol. The van der Waals surface area contributed by atoms with Crippen molar-refractivity contribution in [3.63, 3.8) is 0 Å². The van der Waals surface area contributed by atoms with Crippen molar-refractivity contribution in [1.29, 1.82) is 0 Å². The molecule has 116 valence electrons. The molecule has 2 rings (SSSR count). The van der Waals surface area contributed by atoms with E-state index in [0.29, 0.717) is 0 Å².